The summed E-state index contributed by atoms with van der Waals surface area (Å²) >= 11 is 0. The number of hydrogen-bond acceptors (Lipinski definition) is 8. The number of methoxy groups -OCH3 is 1. The summed E-state index contributed by atoms with van der Waals surface area (Å²) in [5, 5.41) is 0. The first kappa shape index (κ1) is 37.7. The smallest absolute Gasteiger partial charge is 0.416 e. The fourth-order valence-electron chi connectivity index (χ4n) is 5.96. The van der Waals surface area contributed by atoms with Gasteiger partial charge in [-0.05, 0) is 95.8 Å². The van der Waals surface area contributed by atoms with E-state index in [0.29, 0.717) is 60.2 Å². The number of hydrogen-bond donors (Lipinski definition) is 0. The average Bonchev–Trinajstić information content (AvgIpc) is 3.26. The van der Waals surface area contributed by atoms with Crippen LogP contribution in [0.2, 0.25) is 0 Å². The van der Waals surface area contributed by atoms with Crippen molar-refractivity contribution in [2.45, 2.75) is 91.0 Å². The van der Waals surface area contributed by atoms with Crippen molar-refractivity contribution in [3.8, 4) is 16.9 Å². The molecule has 0 aliphatic carbocycles. The molecule has 0 radical (unpaired) electrons. The number of carbonyl (C=O) groups excluding carboxylic acids is 2. The monoisotopic (exact) mass is 722 g/mol. The van der Waals surface area contributed by atoms with Crippen LogP contribution in [-0.2, 0) is 39.6 Å². The van der Waals surface area contributed by atoms with Gasteiger partial charge in [-0.2, -0.15) is 26.3 Å². The maximum absolute atomic E-state index is 13.7. The number of nitrogens with zero attached hydrogens (tertiary/aromatic N) is 4. The lowest BCUT2D eigenvalue weighted by Gasteiger charge is -2.31. The number of benzene rings is 2. The van der Waals surface area contributed by atoms with Crippen LogP contribution in [-0.4, -0.2) is 58.8 Å². The minimum atomic E-state index is -5.07. The summed E-state index contributed by atoms with van der Waals surface area (Å²) in [5.74, 6) is 0.453. The van der Waals surface area contributed by atoms with Crippen LogP contribution in [0.1, 0.15) is 82.0 Å². The van der Waals surface area contributed by atoms with E-state index in [2.05, 4.69) is 4.98 Å². The number of esters is 1. The van der Waals surface area contributed by atoms with Crippen LogP contribution in [0.3, 0.4) is 0 Å². The number of rotatable bonds is 9. The largest absolute Gasteiger partial charge is 0.496 e. The lowest BCUT2D eigenvalue weighted by molar-refractivity contribution is -0.165. The van der Waals surface area contributed by atoms with Crippen molar-refractivity contribution in [3.63, 3.8) is 0 Å². The molecule has 2 saturated heterocycles. The topological polar surface area (TPSA) is 94.1 Å². The van der Waals surface area contributed by atoms with Crippen molar-refractivity contribution in [2.24, 2.45) is 5.41 Å². The zero-order valence-corrected chi connectivity index (χ0v) is 29.3. The minimum Gasteiger partial charge on any atom is -0.496 e. The zero-order valence-electron chi connectivity index (χ0n) is 29.3. The van der Waals surface area contributed by atoms with Crippen LogP contribution in [0.4, 0.5) is 37.1 Å². The van der Waals surface area contributed by atoms with E-state index in [-0.39, 0.29) is 18.6 Å². The van der Waals surface area contributed by atoms with Crippen molar-refractivity contribution in [1.29, 1.82) is 0 Å². The van der Waals surface area contributed by atoms with Crippen molar-refractivity contribution < 1.29 is 50.1 Å². The second-order valence-corrected chi connectivity index (χ2v) is 14.5. The molecule has 5 rings (SSSR count). The molecular formula is C36H40F6N4O5. The second-order valence-electron chi connectivity index (χ2n) is 14.5. The molecular weight excluding hydrogens is 682 g/mol. The Morgan fingerprint density at radius 2 is 1.57 bits per heavy atom. The minimum absolute atomic E-state index is 0.0311. The van der Waals surface area contributed by atoms with Crippen LogP contribution in [0.15, 0.2) is 42.6 Å². The first-order valence-corrected chi connectivity index (χ1v) is 16.4. The van der Waals surface area contributed by atoms with E-state index in [1.807, 2.05) is 17.0 Å². The van der Waals surface area contributed by atoms with E-state index in [1.54, 1.807) is 46.9 Å². The summed E-state index contributed by atoms with van der Waals surface area (Å²) in [6.07, 6.45) is -9.70. The summed E-state index contributed by atoms with van der Waals surface area (Å²) < 4.78 is 98.7. The van der Waals surface area contributed by atoms with E-state index in [0.717, 1.165) is 12.0 Å². The van der Waals surface area contributed by atoms with Crippen molar-refractivity contribution in [1.82, 2.24) is 14.9 Å². The molecule has 0 saturated carbocycles. The SMILES string of the molecule is COc1ccc(CC(C)(C)C(=O)OC(C)(C)C)cc1-c1cnc(N2CCC2)nc1CN1C(=O)O[C@H](c2cc(C(F)(F)F)cc(C(F)(F)F)c2)[C@@H]1C. The first-order chi connectivity index (χ1) is 23.6. The number of carbonyl (C=O) groups is 2. The molecule has 15 heteroatoms. The molecule has 2 fully saturated rings. The zero-order chi connectivity index (χ0) is 37.7. The predicted molar refractivity (Wildman–Crippen MR) is 175 cm³/mol. The van der Waals surface area contributed by atoms with Crippen LogP contribution < -0.4 is 9.64 Å². The van der Waals surface area contributed by atoms with Crippen LogP contribution in [0.5, 0.6) is 5.75 Å². The standard InChI is InChI=1S/C36H40F6N4O5/c1-20-29(22-14-23(35(37,38)39)16-24(15-22)36(40,41)42)50-32(48)46(20)19-27-26(18-43-31(44-27)45-11-8-12-45)25-13-21(9-10-28(25)49-7)17-34(5,6)30(47)51-33(2,3)4/h9-10,13-16,18,20,29H,8,11-12,17,19H2,1-7H3/t20-,29-/m0/s1. The molecule has 2 aliphatic heterocycles. The van der Waals surface area contributed by atoms with E-state index in [1.165, 1.54) is 18.9 Å². The number of alkyl halides is 6. The number of halogens is 6. The summed E-state index contributed by atoms with van der Waals surface area (Å²) in [6.45, 7) is 11.6. The highest BCUT2D eigenvalue weighted by molar-refractivity contribution is 5.78. The molecule has 51 heavy (non-hydrogen) atoms. The van der Waals surface area contributed by atoms with Gasteiger partial charge >= 0.3 is 24.4 Å². The van der Waals surface area contributed by atoms with Gasteiger partial charge in [0.1, 0.15) is 17.5 Å². The van der Waals surface area contributed by atoms with Gasteiger partial charge in [0.05, 0.1) is 41.9 Å². The Hall–Kier alpha value is -4.56. The molecule has 1 aromatic heterocycles. The molecule has 2 aromatic carbocycles. The lowest BCUT2D eigenvalue weighted by Crippen LogP contribution is -2.39. The van der Waals surface area contributed by atoms with Gasteiger partial charge in [0.25, 0.3) is 0 Å². The number of ether oxygens (including phenoxy) is 3. The van der Waals surface area contributed by atoms with Crippen LogP contribution >= 0.6 is 0 Å². The predicted octanol–water partition coefficient (Wildman–Crippen LogP) is 8.39. The highest BCUT2D eigenvalue weighted by atomic mass is 19.4. The lowest BCUT2D eigenvalue weighted by atomic mass is 9.84. The maximum atomic E-state index is 13.7. The summed E-state index contributed by atoms with van der Waals surface area (Å²) in [6, 6.07) is 5.56. The van der Waals surface area contributed by atoms with Gasteiger partial charge in [0.2, 0.25) is 5.95 Å². The van der Waals surface area contributed by atoms with Gasteiger partial charge in [-0.3, -0.25) is 9.69 Å². The van der Waals surface area contributed by atoms with Crippen molar-refractivity contribution >= 4 is 18.0 Å². The number of anilines is 1. The normalized spacial score (nSPS) is 18.4. The van der Waals surface area contributed by atoms with E-state index in [4.69, 9.17) is 19.2 Å². The molecule has 2 aliphatic rings. The third-order valence-electron chi connectivity index (χ3n) is 8.80. The Balaban J connectivity index is 1.52. The summed E-state index contributed by atoms with van der Waals surface area (Å²) in [7, 11) is 1.48. The van der Waals surface area contributed by atoms with Crippen LogP contribution in [0.25, 0.3) is 11.1 Å². The number of amides is 1. The molecule has 1 amide bonds. The number of cyclic esters (lactones) is 1. The Bertz CT molecular complexity index is 1770. The molecule has 2 atom stereocenters. The molecule has 3 aromatic rings. The third-order valence-corrected chi connectivity index (χ3v) is 8.80. The Morgan fingerprint density at radius 1 is 0.941 bits per heavy atom. The quantitative estimate of drug-likeness (QED) is 0.161. The van der Waals surface area contributed by atoms with Gasteiger partial charge in [-0.25, -0.2) is 14.8 Å². The third kappa shape index (κ3) is 8.33. The fourth-order valence-corrected chi connectivity index (χ4v) is 5.96. The maximum Gasteiger partial charge on any atom is 0.416 e. The molecule has 276 valence electrons. The number of aromatic nitrogens is 2. The molecule has 0 bridgehead atoms. The van der Waals surface area contributed by atoms with E-state index >= 15 is 0 Å². The Kier molecular flexibility index (Phi) is 10.00. The molecule has 9 nitrogen and oxygen atoms in total. The average molecular weight is 723 g/mol. The van der Waals surface area contributed by atoms with Gasteiger partial charge in [0.15, 0.2) is 0 Å². The van der Waals surface area contributed by atoms with Crippen molar-refractivity contribution in [3.05, 3.63) is 70.5 Å². The van der Waals surface area contributed by atoms with E-state index in [9.17, 15) is 35.9 Å². The van der Waals surface area contributed by atoms with Gasteiger partial charge in [-0.1, -0.05) is 6.07 Å². The van der Waals surface area contributed by atoms with Crippen molar-refractivity contribution in [2.75, 3.05) is 25.1 Å². The van der Waals surface area contributed by atoms with Crippen LogP contribution in [0, 0.1) is 5.41 Å². The Labute approximate surface area is 291 Å². The molecule has 3 heterocycles. The van der Waals surface area contributed by atoms with Gasteiger partial charge in [0, 0.05) is 30.4 Å². The molecule has 0 N–H and O–H groups in total. The highest BCUT2D eigenvalue weighted by Gasteiger charge is 2.44. The molecule has 0 unspecified atom stereocenters. The van der Waals surface area contributed by atoms with E-state index < -0.39 is 58.3 Å². The van der Waals surface area contributed by atoms with Gasteiger partial charge < -0.3 is 19.1 Å². The second kappa shape index (κ2) is 13.5. The first-order valence-electron chi connectivity index (χ1n) is 16.4. The Morgan fingerprint density at radius 3 is 2.10 bits per heavy atom. The fraction of sp³-hybridized carbons (Fsp3) is 0.500. The molecule has 0 spiro atoms. The van der Waals surface area contributed by atoms with Gasteiger partial charge in [-0.15, -0.1) is 0 Å². The summed E-state index contributed by atoms with van der Waals surface area (Å²) in [4.78, 5) is 38.8. The highest BCUT2D eigenvalue weighted by Crippen LogP contribution is 2.42. The summed E-state index contributed by atoms with van der Waals surface area (Å²) in [5.41, 5.74) is -2.92.